The predicted molar refractivity (Wildman–Crippen MR) is 162 cm³/mol. The molecule has 0 saturated carbocycles. The summed E-state index contributed by atoms with van der Waals surface area (Å²) in [5, 5.41) is 19.8. The second-order valence-corrected chi connectivity index (χ2v) is 13.0. The molecule has 2 fully saturated rings. The van der Waals surface area contributed by atoms with E-state index >= 15 is 0 Å². The molecule has 2 aliphatic heterocycles. The molecule has 0 unspecified atom stereocenters. The number of hydrogen-bond donors (Lipinski definition) is 0. The zero-order valence-corrected chi connectivity index (χ0v) is 28.7. The van der Waals surface area contributed by atoms with Crippen molar-refractivity contribution >= 4 is 103 Å². The van der Waals surface area contributed by atoms with Crippen LogP contribution < -0.4 is 27.6 Å². The van der Waals surface area contributed by atoms with Gasteiger partial charge in [0.2, 0.25) is 0 Å². The maximum absolute atomic E-state index is 4.94. The Hall–Kier alpha value is 0.876. The van der Waals surface area contributed by atoms with Gasteiger partial charge >= 0.3 is 23.1 Å². The zero-order valence-electron chi connectivity index (χ0n) is 19.9. The largest absolute Gasteiger partial charge is 2.00 e. The van der Waals surface area contributed by atoms with Gasteiger partial charge in [-0.1, -0.05) is 0 Å². The first-order valence-corrected chi connectivity index (χ1v) is 17.1. The first-order chi connectivity index (χ1) is 16.3. The molecule has 2 nitrogen and oxygen atoms in total. The van der Waals surface area contributed by atoms with Gasteiger partial charge in [0, 0.05) is 36.3 Å². The Bertz CT molecular complexity index is 792. The Morgan fingerprint density at radius 3 is 1.43 bits per heavy atom. The van der Waals surface area contributed by atoms with Crippen LogP contribution in [0.1, 0.15) is 25.7 Å². The Morgan fingerprint density at radius 1 is 0.743 bits per heavy atom. The van der Waals surface area contributed by atoms with Crippen molar-refractivity contribution in [2.24, 2.45) is 0 Å². The fourth-order valence-electron chi connectivity index (χ4n) is 2.51. The second kappa shape index (κ2) is 25.2. The summed E-state index contributed by atoms with van der Waals surface area (Å²) in [5.74, 6) is 0. The van der Waals surface area contributed by atoms with Crippen LogP contribution in [0.15, 0.2) is 71.8 Å². The summed E-state index contributed by atoms with van der Waals surface area (Å²) < 4.78 is 11.1. The van der Waals surface area contributed by atoms with Gasteiger partial charge in [0.05, 0.1) is 0 Å². The van der Waals surface area contributed by atoms with E-state index in [0.717, 1.165) is 26.4 Å². The van der Waals surface area contributed by atoms with Crippen molar-refractivity contribution in [2.45, 2.75) is 25.7 Å². The van der Waals surface area contributed by atoms with Crippen molar-refractivity contribution in [3.63, 3.8) is 0 Å². The Morgan fingerprint density at radius 2 is 1.23 bits per heavy atom. The maximum atomic E-state index is 4.94. The van der Waals surface area contributed by atoms with E-state index in [2.05, 4.69) is 62.3 Å². The SMILES string of the molecule is Brc1ccsc1.C1CCOC1.C1CCOC1.CP(c1ccsc1)c1ccsc1.[Br-].[Mg+2].[c-]1ccsc1. The molecular weight excluding hydrogens is 676 g/mol. The van der Waals surface area contributed by atoms with Gasteiger partial charge < -0.3 is 26.5 Å². The van der Waals surface area contributed by atoms with Crippen LogP contribution in [0.3, 0.4) is 0 Å². The van der Waals surface area contributed by atoms with E-state index in [4.69, 9.17) is 9.47 Å². The van der Waals surface area contributed by atoms with Gasteiger partial charge in [-0.25, -0.2) is 12.1 Å². The third kappa shape index (κ3) is 18.7. The summed E-state index contributed by atoms with van der Waals surface area (Å²) in [5.41, 5.74) is 0. The number of thiophene rings is 4. The molecular formula is C25H31Br2MgO2PS4. The first-order valence-electron chi connectivity index (χ1n) is 10.8. The molecule has 0 aliphatic carbocycles. The minimum absolute atomic E-state index is 0. The third-order valence-electron chi connectivity index (χ3n) is 4.31. The Kier molecular flexibility index (Phi) is 25.8. The van der Waals surface area contributed by atoms with Crippen molar-refractivity contribution in [2.75, 3.05) is 33.1 Å². The van der Waals surface area contributed by atoms with Crippen molar-refractivity contribution in [1.29, 1.82) is 0 Å². The van der Waals surface area contributed by atoms with Gasteiger partial charge in [-0.15, -0.1) is 5.38 Å². The van der Waals surface area contributed by atoms with Crippen LogP contribution in [0.4, 0.5) is 0 Å². The molecule has 0 radical (unpaired) electrons. The summed E-state index contributed by atoms with van der Waals surface area (Å²) in [6.45, 7) is 6.32. The number of halogens is 2. The molecule has 0 atom stereocenters. The number of rotatable bonds is 2. The zero-order chi connectivity index (χ0) is 23.4. The van der Waals surface area contributed by atoms with Crippen LogP contribution in [0.2, 0.25) is 0 Å². The van der Waals surface area contributed by atoms with E-state index in [0.29, 0.717) is 0 Å². The summed E-state index contributed by atoms with van der Waals surface area (Å²) >= 11 is 10.2. The summed E-state index contributed by atoms with van der Waals surface area (Å²) in [7, 11) is -0.0759. The van der Waals surface area contributed by atoms with E-state index in [1.165, 1.54) is 40.8 Å². The summed E-state index contributed by atoms with van der Waals surface area (Å²) in [6, 6.07) is 11.3. The van der Waals surface area contributed by atoms with E-state index in [1.54, 1.807) is 45.3 Å². The number of ether oxygens (including phenoxy) is 2. The third-order valence-corrected chi connectivity index (χ3v) is 10.2. The molecule has 0 amide bonds. The van der Waals surface area contributed by atoms with Crippen LogP contribution in [0, 0.1) is 6.07 Å². The van der Waals surface area contributed by atoms with Crippen molar-refractivity contribution in [3.8, 4) is 0 Å². The van der Waals surface area contributed by atoms with Crippen molar-refractivity contribution in [1.82, 2.24) is 0 Å². The molecule has 0 aromatic carbocycles. The Balaban J connectivity index is 0.000000433. The standard InChI is InChI=1S/C9H9PS2.C4H3BrS.2C4H8O.C4H3S.BrH.Mg/c1-10(8-2-4-11-6-8)9-3-5-12-7-9;5-4-1-2-6-3-4;3*1-2-4-5-3-1;;/h2-7H,1H3;1-3H;2*1-4H2;1,3-4H;1H;/q;;;;-1;;+2/p-1. The molecule has 4 aromatic heterocycles. The Labute approximate surface area is 263 Å². The van der Waals surface area contributed by atoms with Crippen LogP contribution in [0.5, 0.6) is 0 Å². The van der Waals surface area contributed by atoms with Crippen molar-refractivity contribution < 1.29 is 26.5 Å². The van der Waals surface area contributed by atoms with Gasteiger partial charge in [0.1, 0.15) is 0 Å². The van der Waals surface area contributed by atoms with Crippen LogP contribution in [0.25, 0.3) is 0 Å². The maximum Gasteiger partial charge on any atom is 2.00 e. The molecule has 0 bridgehead atoms. The van der Waals surface area contributed by atoms with Gasteiger partial charge in [-0.2, -0.15) is 39.4 Å². The van der Waals surface area contributed by atoms with Gasteiger partial charge in [-0.3, -0.25) is 11.3 Å². The van der Waals surface area contributed by atoms with Crippen molar-refractivity contribution in [3.05, 3.63) is 77.8 Å². The van der Waals surface area contributed by atoms with Crippen LogP contribution >= 0.6 is 69.2 Å². The van der Waals surface area contributed by atoms with Gasteiger partial charge in [-0.05, 0) is 112 Å². The first kappa shape index (κ1) is 35.9. The van der Waals surface area contributed by atoms with Gasteiger partial charge in [0.15, 0.2) is 0 Å². The molecule has 2 saturated heterocycles. The van der Waals surface area contributed by atoms with Crippen LogP contribution in [-0.2, 0) is 9.47 Å². The summed E-state index contributed by atoms with van der Waals surface area (Å²) in [6.07, 6.45) is 5.11. The quantitative estimate of drug-likeness (QED) is 0.163. The minimum atomic E-state index is -0.0759. The molecule has 6 heterocycles. The van der Waals surface area contributed by atoms with Crippen LogP contribution in [-0.4, -0.2) is 56.1 Å². The fraction of sp³-hybridized carbons (Fsp3) is 0.360. The molecule has 6 rings (SSSR count). The molecule has 2 aliphatic rings. The number of hydrogen-bond acceptors (Lipinski definition) is 6. The van der Waals surface area contributed by atoms with E-state index in [-0.39, 0.29) is 48.0 Å². The van der Waals surface area contributed by atoms with E-state index < -0.39 is 0 Å². The molecule has 4 aromatic rings. The average molecular weight is 707 g/mol. The molecule has 0 spiro atoms. The second-order valence-electron chi connectivity index (χ2n) is 6.83. The topological polar surface area (TPSA) is 18.5 Å². The molecule has 10 heteroatoms. The minimum Gasteiger partial charge on any atom is -1.00 e. The normalized spacial score (nSPS) is 13.2. The van der Waals surface area contributed by atoms with Gasteiger partial charge in [0.25, 0.3) is 0 Å². The monoisotopic (exact) mass is 704 g/mol. The summed E-state index contributed by atoms with van der Waals surface area (Å²) in [4.78, 5) is 0. The van der Waals surface area contributed by atoms with E-state index in [1.807, 2.05) is 33.7 Å². The molecule has 188 valence electrons. The predicted octanol–water partition coefficient (Wildman–Crippen LogP) is 5.15. The molecule has 0 N–H and O–H groups in total. The molecule has 35 heavy (non-hydrogen) atoms. The smallest absolute Gasteiger partial charge is 1.00 e. The fourth-order valence-corrected chi connectivity index (χ4v) is 7.82. The van der Waals surface area contributed by atoms with E-state index in [9.17, 15) is 0 Å². The average Bonchev–Trinajstić information content (AvgIpc) is 3.69.